The van der Waals surface area contributed by atoms with Crippen LogP contribution in [-0.2, 0) is 20.7 Å². The molecular weight excluding hydrogens is 444 g/mol. The van der Waals surface area contributed by atoms with Gasteiger partial charge in [0.2, 0.25) is 0 Å². The highest BCUT2D eigenvalue weighted by Crippen LogP contribution is 2.28. The fraction of sp³-hybridized carbons (Fsp3) is 0.517. The van der Waals surface area contributed by atoms with Crippen LogP contribution in [0.25, 0.3) is 0 Å². The molecule has 0 aliphatic rings. The van der Waals surface area contributed by atoms with Crippen LogP contribution in [0.15, 0.2) is 47.6 Å². The van der Waals surface area contributed by atoms with Gasteiger partial charge in [0.15, 0.2) is 5.78 Å². The Labute approximate surface area is 210 Å². The molecule has 0 aromatic heterocycles. The SMILES string of the molecule is CC(=O)OC(/C=C(\C)CCCC(C)C(=O)/C=C/C(C)(C)O)C/C(C)=C/Cc1cc(O)cc(C)c1O. The molecule has 0 aliphatic heterocycles. The normalized spacial score (nSPS) is 14.7. The van der Waals surface area contributed by atoms with E-state index in [-0.39, 0.29) is 29.2 Å². The van der Waals surface area contributed by atoms with E-state index in [1.165, 1.54) is 25.1 Å². The zero-order valence-corrected chi connectivity index (χ0v) is 22.2. The Kier molecular flexibility index (Phi) is 12.0. The number of aromatic hydroxyl groups is 2. The summed E-state index contributed by atoms with van der Waals surface area (Å²) in [6, 6.07) is 3.06. The lowest BCUT2D eigenvalue weighted by Gasteiger charge is -2.16. The van der Waals surface area contributed by atoms with E-state index in [1.54, 1.807) is 26.8 Å². The van der Waals surface area contributed by atoms with Gasteiger partial charge < -0.3 is 20.1 Å². The first-order valence-electron chi connectivity index (χ1n) is 12.1. The highest BCUT2D eigenvalue weighted by Gasteiger charge is 2.14. The summed E-state index contributed by atoms with van der Waals surface area (Å²) in [6.07, 6.45) is 9.78. The number of carbonyl (C=O) groups excluding carboxylic acids is 2. The first kappa shape index (κ1) is 30.2. The van der Waals surface area contributed by atoms with Crippen molar-refractivity contribution in [2.45, 2.75) is 92.3 Å². The Hall–Kier alpha value is -2.86. The molecule has 0 amide bonds. The number of benzene rings is 1. The van der Waals surface area contributed by atoms with Crippen molar-refractivity contribution in [3.05, 3.63) is 58.7 Å². The van der Waals surface area contributed by atoms with Crippen molar-refractivity contribution in [1.82, 2.24) is 0 Å². The molecule has 0 fully saturated rings. The molecule has 0 bridgehead atoms. The maximum Gasteiger partial charge on any atom is 0.303 e. The minimum absolute atomic E-state index is 0.000254. The number of esters is 1. The van der Waals surface area contributed by atoms with Crippen molar-refractivity contribution in [3.8, 4) is 11.5 Å². The molecule has 194 valence electrons. The number of aryl methyl sites for hydroxylation is 1. The van der Waals surface area contributed by atoms with Gasteiger partial charge >= 0.3 is 5.97 Å². The molecule has 6 heteroatoms. The second kappa shape index (κ2) is 13.9. The van der Waals surface area contributed by atoms with Crippen molar-refractivity contribution in [2.75, 3.05) is 0 Å². The van der Waals surface area contributed by atoms with Gasteiger partial charge in [0.1, 0.15) is 17.6 Å². The van der Waals surface area contributed by atoms with E-state index in [0.29, 0.717) is 24.0 Å². The number of phenolic OH excluding ortho intramolecular Hbond substituents is 2. The summed E-state index contributed by atoms with van der Waals surface area (Å²) in [4.78, 5) is 23.8. The number of ether oxygens (including phenoxy) is 1. The van der Waals surface area contributed by atoms with Gasteiger partial charge in [-0.15, -0.1) is 0 Å². The summed E-state index contributed by atoms with van der Waals surface area (Å²) in [5.41, 5.74) is 2.33. The average Bonchev–Trinajstić information content (AvgIpc) is 2.72. The number of hydrogen-bond acceptors (Lipinski definition) is 6. The quantitative estimate of drug-likeness (QED) is 0.139. The molecule has 0 radical (unpaired) electrons. The van der Waals surface area contributed by atoms with Crippen LogP contribution in [0.1, 0.15) is 78.4 Å². The highest BCUT2D eigenvalue weighted by atomic mass is 16.5. The smallest absolute Gasteiger partial charge is 0.303 e. The van der Waals surface area contributed by atoms with Crippen molar-refractivity contribution in [2.24, 2.45) is 5.92 Å². The summed E-state index contributed by atoms with van der Waals surface area (Å²) in [7, 11) is 0. The van der Waals surface area contributed by atoms with Crippen molar-refractivity contribution in [1.29, 1.82) is 0 Å². The van der Waals surface area contributed by atoms with E-state index in [0.717, 1.165) is 30.4 Å². The third-order valence-corrected chi connectivity index (χ3v) is 5.69. The molecule has 0 spiro atoms. The highest BCUT2D eigenvalue weighted by molar-refractivity contribution is 5.91. The monoisotopic (exact) mass is 486 g/mol. The summed E-state index contributed by atoms with van der Waals surface area (Å²) < 4.78 is 5.50. The maximum absolute atomic E-state index is 12.2. The number of hydrogen-bond donors (Lipinski definition) is 3. The van der Waals surface area contributed by atoms with Crippen LogP contribution in [0.5, 0.6) is 11.5 Å². The van der Waals surface area contributed by atoms with E-state index in [1.807, 2.05) is 32.9 Å². The summed E-state index contributed by atoms with van der Waals surface area (Å²) in [5.74, 6) is -0.205. The standard InChI is InChI=1S/C29H42O6/c1-19(9-8-10-21(3)27(32)13-14-29(6,7)34)15-26(35-23(5)30)16-20(2)11-12-24-18-25(31)17-22(4)28(24)33/h11,13-15,17-18,21,26,31,33-34H,8-10,12,16H2,1-7H3/b14-13+,19-15+,20-11+. The molecule has 1 aromatic rings. The van der Waals surface area contributed by atoms with Gasteiger partial charge in [-0.3, -0.25) is 9.59 Å². The summed E-state index contributed by atoms with van der Waals surface area (Å²) >= 11 is 0. The van der Waals surface area contributed by atoms with E-state index in [2.05, 4.69) is 0 Å². The van der Waals surface area contributed by atoms with Gasteiger partial charge in [0.25, 0.3) is 0 Å². The number of allylic oxidation sites excluding steroid dienone is 3. The lowest BCUT2D eigenvalue weighted by molar-refractivity contribution is -0.144. The topological polar surface area (TPSA) is 104 Å². The van der Waals surface area contributed by atoms with Crippen LogP contribution in [0, 0.1) is 12.8 Å². The molecule has 2 unspecified atom stereocenters. The molecule has 0 aliphatic carbocycles. The largest absolute Gasteiger partial charge is 0.508 e. The lowest BCUT2D eigenvalue weighted by Crippen LogP contribution is -2.16. The molecule has 2 atom stereocenters. The van der Waals surface area contributed by atoms with Gasteiger partial charge in [-0.1, -0.05) is 30.2 Å². The molecule has 0 heterocycles. The molecule has 1 aromatic carbocycles. The summed E-state index contributed by atoms with van der Waals surface area (Å²) in [6.45, 7) is 12.2. The van der Waals surface area contributed by atoms with E-state index in [4.69, 9.17) is 4.74 Å². The van der Waals surface area contributed by atoms with Gasteiger partial charge in [0.05, 0.1) is 5.60 Å². The second-order valence-corrected chi connectivity index (χ2v) is 10.1. The van der Waals surface area contributed by atoms with Crippen molar-refractivity contribution < 1.29 is 29.6 Å². The van der Waals surface area contributed by atoms with E-state index >= 15 is 0 Å². The Morgan fingerprint density at radius 1 is 1.11 bits per heavy atom. The van der Waals surface area contributed by atoms with Crippen molar-refractivity contribution in [3.63, 3.8) is 0 Å². The predicted molar refractivity (Wildman–Crippen MR) is 139 cm³/mol. The number of rotatable bonds is 13. The minimum Gasteiger partial charge on any atom is -0.508 e. The molecular formula is C29H42O6. The number of carbonyl (C=O) groups is 2. The Morgan fingerprint density at radius 2 is 1.77 bits per heavy atom. The first-order valence-corrected chi connectivity index (χ1v) is 12.1. The Balaban J connectivity index is 2.73. The van der Waals surface area contributed by atoms with Crippen LogP contribution in [0.2, 0.25) is 0 Å². The minimum atomic E-state index is -1.00. The molecule has 0 saturated heterocycles. The Morgan fingerprint density at radius 3 is 2.37 bits per heavy atom. The lowest BCUT2D eigenvalue weighted by atomic mass is 9.95. The van der Waals surface area contributed by atoms with Crippen LogP contribution in [0.4, 0.5) is 0 Å². The zero-order chi connectivity index (χ0) is 26.8. The zero-order valence-electron chi connectivity index (χ0n) is 22.2. The molecule has 0 saturated carbocycles. The molecule has 1 rings (SSSR count). The van der Waals surface area contributed by atoms with Gasteiger partial charge in [-0.25, -0.2) is 0 Å². The van der Waals surface area contributed by atoms with Crippen LogP contribution in [0.3, 0.4) is 0 Å². The average molecular weight is 487 g/mol. The molecule has 35 heavy (non-hydrogen) atoms. The van der Waals surface area contributed by atoms with Crippen LogP contribution >= 0.6 is 0 Å². The molecule has 3 N–H and O–H groups in total. The fourth-order valence-electron chi connectivity index (χ4n) is 3.70. The second-order valence-electron chi connectivity index (χ2n) is 10.1. The van der Waals surface area contributed by atoms with Crippen LogP contribution < -0.4 is 0 Å². The number of ketones is 1. The third-order valence-electron chi connectivity index (χ3n) is 5.69. The van der Waals surface area contributed by atoms with Gasteiger partial charge in [0, 0.05) is 24.8 Å². The predicted octanol–water partition coefficient (Wildman–Crippen LogP) is 5.87. The van der Waals surface area contributed by atoms with E-state index in [9.17, 15) is 24.9 Å². The maximum atomic E-state index is 12.2. The first-order chi connectivity index (χ1) is 16.2. The Bertz CT molecular complexity index is 962. The van der Waals surface area contributed by atoms with Gasteiger partial charge in [-0.05, 0) is 90.2 Å². The van der Waals surface area contributed by atoms with E-state index < -0.39 is 11.7 Å². The van der Waals surface area contributed by atoms with Gasteiger partial charge in [-0.2, -0.15) is 0 Å². The number of phenols is 2. The number of aliphatic hydroxyl groups is 1. The van der Waals surface area contributed by atoms with Crippen LogP contribution in [-0.4, -0.2) is 38.8 Å². The third kappa shape index (κ3) is 12.4. The fourth-order valence-corrected chi connectivity index (χ4v) is 3.70. The summed E-state index contributed by atoms with van der Waals surface area (Å²) in [5, 5.41) is 29.7. The molecule has 6 nitrogen and oxygen atoms in total. The van der Waals surface area contributed by atoms with Crippen molar-refractivity contribution >= 4 is 11.8 Å².